The summed E-state index contributed by atoms with van der Waals surface area (Å²) in [5.41, 5.74) is 1.54. The largest absolute Gasteiger partial charge is 0.485 e. The van der Waals surface area contributed by atoms with E-state index in [1.54, 1.807) is 36.2 Å². The van der Waals surface area contributed by atoms with E-state index in [0.717, 1.165) is 16.3 Å². The first-order valence-electron chi connectivity index (χ1n) is 8.59. The average molecular weight is 382 g/mol. The molecule has 0 atom stereocenters. The molecule has 0 spiro atoms. The minimum absolute atomic E-state index is 0.00116. The Kier molecular flexibility index (Phi) is 5.77. The summed E-state index contributed by atoms with van der Waals surface area (Å²) < 4.78 is 5.76. The molecule has 0 fully saturated rings. The number of ketones is 1. The van der Waals surface area contributed by atoms with Gasteiger partial charge in [0, 0.05) is 41.9 Å². The van der Waals surface area contributed by atoms with Gasteiger partial charge < -0.3 is 9.64 Å². The van der Waals surface area contributed by atoms with Gasteiger partial charge in [-0.2, -0.15) is 0 Å². The summed E-state index contributed by atoms with van der Waals surface area (Å²) in [6.45, 7) is 1.98. The van der Waals surface area contributed by atoms with Crippen LogP contribution < -0.4 is 4.74 Å². The number of fused-ring (bicyclic) bond motifs is 1. The van der Waals surface area contributed by atoms with E-state index in [9.17, 15) is 9.59 Å². The van der Waals surface area contributed by atoms with Gasteiger partial charge in [-0.25, -0.2) is 0 Å². The summed E-state index contributed by atoms with van der Waals surface area (Å²) in [5, 5.41) is 2.42. The maximum absolute atomic E-state index is 12.4. The molecule has 0 radical (unpaired) electrons. The van der Waals surface area contributed by atoms with Crippen molar-refractivity contribution >= 4 is 34.1 Å². The molecule has 27 heavy (non-hydrogen) atoms. The molecule has 3 rings (SSSR count). The van der Waals surface area contributed by atoms with Crippen molar-refractivity contribution in [3.63, 3.8) is 0 Å². The highest BCUT2D eigenvalue weighted by atomic mass is 35.5. The second-order valence-corrected chi connectivity index (χ2v) is 6.78. The molecule has 0 aliphatic rings. The van der Waals surface area contributed by atoms with Gasteiger partial charge in [-0.1, -0.05) is 60.1 Å². The average Bonchev–Trinajstić information content (AvgIpc) is 2.68. The van der Waals surface area contributed by atoms with Crippen LogP contribution in [0.5, 0.6) is 5.75 Å². The van der Waals surface area contributed by atoms with Crippen molar-refractivity contribution in [2.45, 2.75) is 13.5 Å². The molecule has 0 unspecified atom stereocenters. The predicted molar refractivity (Wildman–Crippen MR) is 107 cm³/mol. The van der Waals surface area contributed by atoms with E-state index in [4.69, 9.17) is 16.3 Å². The lowest BCUT2D eigenvalue weighted by Gasteiger charge is -2.15. The third-order valence-corrected chi connectivity index (χ3v) is 4.75. The number of rotatable bonds is 6. The monoisotopic (exact) mass is 381 g/mol. The number of hydrogen-bond acceptors (Lipinski definition) is 3. The third kappa shape index (κ3) is 4.47. The zero-order valence-electron chi connectivity index (χ0n) is 15.2. The van der Waals surface area contributed by atoms with E-state index in [1.165, 1.54) is 6.92 Å². The maximum Gasteiger partial charge on any atom is 0.219 e. The molecule has 0 aliphatic carbocycles. The van der Waals surface area contributed by atoms with Crippen LogP contribution in [-0.2, 0) is 11.3 Å². The molecular weight excluding hydrogens is 362 g/mol. The number of benzene rings is 3. The molecule has 5 heteroatoms. The van der Waals surface area contributed by atoms with Gasteiger partial charge in [0.2, 0.25) is 5.91 Å². The third-order valence-electron chi connectivity index (χ3n) is 4.42. The SMILES string of the molecule is CC(=O)N(C)Cc1ccc(C(=O)COc2ccc(Cl)c3ccccc23)cc1. The van der Waals surface area contributed by atoms with E-state index < -0.39 is 0 Å². The summed E-state index contributed by atoms with van der Waals surface area (Å²) in [7, 11) is 1.74. The number of halogens is 1. The number of amides is 1. The lowest BCUT2D eigenvalue weighted by Crippen LogP contribution is -2.23. The number of carbonyl (C=O) groups excluding carboxylic acids is 2. The van der Waals surface area contributed by atoms with E-state index in [2.05, 4.69) is 0 Å². The van der Waals surface area contributed by atoms with Gasteiger partial charge in [0.15, 0.2) is 12.4 Å². The summed E-state index contributed by atoms with van der Waals surface area (Å²) in [6, 6.07) is 18.4. The fourth-order valence-corrected chi connectivity index (χ4v) is 3.00. The van der Waals surface area contributed by atoms with Crippen molar-refractivity contribution in [1.82, 2.24) is 4.90 Å². The highest BCUT2D eigenvalue weighted by Gasteiger charge is 2.11. The van der Waals surface area contributed by atoms with Crippen LogP contribution in [0.1, 0.15) is 22.8 Å². The minimum Gasteiger partial charge on any atom is -0.485 e. The molecule has 138 valence electrons. The molecule has 0 heterocycles. The zero-order valence-corrected chi connectivity index (χ0v) is 16.0. The summed E-state index contributed by atoms with van der Waals surface area (Å²) >= 11 is 6.21. The predicted octanol–water partition coefficient (Wildman–Crippen LogP) is 4.73. The molecule has 1 amide bonds. The molecular formula is C22H20ClNO3. The maximum atomic E-state index is 12.4. The normalized spacial score (nSPS) is 10.6. The Morgan fingerprint density at radius 2 is 1.63 bits per heavy atom. The van der Waals surface area contributed by atoms with Crippen LogP contribution in [-0.4, -0.2) is 30.2 Å². The Morgan fingerprint density at radius 3 is 2.30 bits per heavy atom. The van der Waals surface area contributed by atoms with Gasteiger partial charge in [0.1, 0.15) is 5.75 Å². The Morgan fingerprint density at radius 1 is 0.963 bits per heavy atom. The summed E-state index contributed by atoms with van der Waals surface area (Å²) in [6.07, 6.45) is 0. The molecule has 0 N–H and O–H groups in total. The van der Waals surface area contributed by atoms with E-state index in [1.807, 2.05) is 36.4 Å². The molecule has 0 bridgehead atoms. The van der Waals surface area contributed by atoms with Crippen molar-refractivity contribution in [3.05, 3.63) is 76.8 Å². The van der Waals surface area contributed by atoms with Crippen molar-refractivity contribution in [3.8, 4) is 5.75 Å². The van der Waals surface area contributed by atoms with E-state index in [-0.39, 0.29) is 18.3 Å². The van der Waals surface area contributed by atoms with Crippen LogP contribution in [0.25, 0.3) is 10.8 Å². The second-order valence-electron chi connectivity index (χ2n) is 6.37. The fourth-order valence-electron chi connectivity index (χ4n) is 2.77. The highest BCUT2D eigenvalue weighted by molar-refractivity contribution is 6.35. The van der Waals surface area contributed by atoms with Gasteiger partial charge in [0.05, 0.1) is 0 Å². The molecule has 0 saturated carbocycles. The summed E-state index contributed by atoms with van der Waals surface area (Å²) in [4.78, 5) is 25.4. The molecule has 3 aromatic carbocycles. The first kappa shape index (κ1) is 18.9. The quantitative estimate of drug-likeness (QED) is 0.580. The van der Waals surface area contributed by atoms with Crippen molar-refractivity contribution in [2.24, 2.45) is 0 Å². The van der Waals surface area contributed by atoms with Crippen LogP contribution in [0, 0.1) is 0 Å². The summed E-state index contributed by atoms with van der Waals surface area (Å²) in [5.74, 6) is 0.516. The van der Waals surface area contributed by atoms with Crippen LogP contribution in [0.3, 0.4) is 0 Å². The smallest absolute Gasteiger partial charge is 0.219 e. The van der Waals surface area contributed by atoms with Crippen LogP contribution >= 0.6 is 11.6 Å². The van der Waals surface area contributed by atoms with Crippen molar-refractivity contribution < 1.29 is 14.3 Å². The number of hydrogen-bond donors (Lipinski definition) is 0. The van der Waals surface area contributed by atoms with Gasteiger partial charge in [-0.05, 0) is 17.7 Å². The van der Waals surface area contributed by atoms with Crippen molar-refractivity contribution in [1.29, 1.82) is 0 Å². The van der Waals surface area contributed by atoms with E-state index in [0.29, 0.717) is 22.9 Å². The number of ether oxygens (including phenoxy) is 1. The Hall–Kier alpha value is -2.85. The molecule has 4 nitrogen and oxygen atoms in total. The van der Waals surface area contributed by atoms with Crippen molar-refractivity contribution in [2.75, 3.05) is 13.7 Å². The highest BCUT2D eigenvalue weighted by Crippen LogP contribution is 2.31. The topological polar surface area (TPSA) is 46.6 Å². The molecule has 0 aromatic heterocycles. The first-order valence-corrected chi connectivity index (χ1v) is 8.97. The Labute approximate surface area is 163 Å². The lowest BCUT2D eigenvalue weighted by molar-refractivity contribution is -0.128. The standard InChI is InChI=1S/C22H20ClNO3/c1-15(25)24(2)13-16-7-9-17(10-8-16)21(26)14-27-22-12-11-20(23)18-5-3-4-6-19(18)22/h3-12H,13-14H2,1-2H3. The van der Waals surface area contributed by atoms with Crippen LogP contribution in [0.15, 0.2) is 60.7 Å². The lowest BCUT2D eigenvalue weighted by atomic mass is 10.1. The Bertz CT molecular complexity index is 983. The van der Waals surface area contributed by atoms with Crippen LogP contribution in [0.4, 0.5) is 0 Å². The van der Waals surface area contributed by atoms with E-state index >= 15 is 0 Å². The number of nitrogens with zero attached hydrogens (tertiary/aromatic N) is 1. The number of Topliss-reactive ketones (excluding diaryl/α,β-unsaturated/α-hetero) is 1. The second kappa shape index (κ2) is 8.23. The molecule has 3 aromatic rings. The van der Waals surface area contributed by atoms with Crippen LogP contribution in [0.2, 0.25) is 5.02 Å². The number of carbonyl (C=O) groups is 2. The van der Waals surface area contributed by atoms with Gasteiger partial charge in [-0.3, -0.25) is 9.59 Å². The first-order chi connectivity index (χ1) is 13.0. The Balaban J connectivity index is 1.68. The van der Waals surface area contributed by atoms with Gasteiger partial charge >= 0.3 is 0 Å². The van der Waals surface area contributed by atoms with Gasteiger partial charge in [0.25, 0.3) is 0 Å². The molecule has 0 saturated heterocycles. The fraction of sp³-hybridized carbons (Fsp3) is 0.182. The zero-order chi connectivity index (χ0) is 19.4. The molecule has 0 aliphatic heterocycles. The minimum atomic E-state index is -0.111. The van der Waals surface area contributed by atoms with Gasteiger partial charge in [-0.15, -0.1) is 0 Å².